The molecule has 0 saturated carbocycles. The van der Waals surface area contributed by atoms with Gasteiger partial charge in [0.25, 0.3) is 11.8 Å². The third-order valence-electron chi connectivity index (χ3n) is 5.48. The van der Waals surface area contributed by atoms with Crippen LogP contribution in [0.4, 0.5) is 11.4 Å². The number of carbonyl (C=O) groups excluding carboxylic acids is 3. The molecule has 0 unspecified atom stereocenters. The van der Waals surface area contributed by atoms with Crippen molar-refractivity contribution in [3.63, 3.8) is 0 Å². The van der Waals surface area contributed by atoms with Gasteiger partial charge in [-0.1, -0.05) is 0 Å². The molecule has 7 nitrogen and oxygen atoms in total. The highest BCUT2D eigenvalue weighted by atomic mass is 16.2. The zero-order chi connectivity index (χ0) is 19.8. The van der Waals surface area contributed by atoms with Gasteiger partial charge in [0.05, 0.1) is 11.3 Å². The number of primary amides is 1. The first-order valence-corrected chi connectivity index (χ1v) is 9.35. The number of nitrogens with two attached hydrogens (primary N) is 1. The third-order valence-corrected chi connectivity index (χ3v) is 5.48. The summed E-state index contributed by atoms with van der Waals surface area (Å²) in [4.78, 5) is 40.7. The summed E-state index contributed by atoms with van der Waals surface area (Å²) in [5.74, 6) is -0.759. The minimum atomic E-state index is -0.517. The van der Waals surface area contributed by atoms with Crippen LogP contribution in [0.3, 0.4) is 0 Å². The highest BCUT2D eigenvalue weighted by Crippen LogP contribution is 2.34. The van der Waals surface area contributed by atoms with Crippen molar-refractivity contribution in [1.82, 2.24) is 4.90 Å². The number of benzene rings is 2. The first kappa shape index (κ1) is 18.0. The van der Waals surface area contributed by atoms with E-state index in [2.05, 4.69) is 10.2 Å². The minimum Gasteiger partial charge on any atom is -0.366 e. The number of piperidine rings is 1. The van der Waals surface area contributed by atoms with Crippen molar-refractivity contribution in [2.45, 2.75) is 25.4 Å². The van der Waals surface area contributed by atoms with Crippen molar-refractivity contribution in [3.05, 3.63) is 59.2 Å². The summed E-state index contributed by atoms with van der Waals surface area (Å²) in [7, 11) is 1.97. The Kier molecular flexibility index (Phi) is 4.50. The van der Waals surface area contributed by atoms with E-state index in [4.69, 9.17) is 5.73 Å². The van der Waals surface area contributed by atoms with E-state index in [0.29, 0.717) is 22.4 Å². The quantitative estimate of drug-likeness (QED) is 0.857. The average Bonchev–Trinajstić information content (AvgIpc) is 2.72. The van der Waals surface area contributed by atoms with Gasteiger partial charge >= 0.3 is 0 Å². The Balaban J connectivity index is 1.58. The van der Waals surface area contributed by atoms with Gasteiger partial charge in [0.15, 0.2) is 0 Å². The molecule has 28 heavy (non-hydrogen) atoms. The summed E-state index contributed by atoms with van der Waals surface area (Å²) >= 11 is 0. The van der Waals surface area contributed by atoms with E-state index in [1.807, 2.05) is 11.9 Å². The largest absolute Gasteiger partial charge is 0.366 e. The molecule has 0 radical (unpaired) electrons. The van der Waals surface area contributed by atoms with Gasteiger partial charge in [-0.15, -0.1) is 0 Å². The van der Waals surface area contributed by atoms with E-state index >= 15 is 0 Å². The molecule has 0 bridgehead atoms. The molecular weight excluding hydrogens is 356 g/mol. The van der Waals surface area contributed by atoms with Gasteiger partial charge in [0.1, 0.15) is 6.17 Å². The van der Waals surface area contributed by atoms with Crippen molar-refractivity contribution < 1.29 is 14.4 Å². The second kappa shape index (κ2) is 6.99. The predicted octanol–water partition coefficient (Wildman–Crippen LogP) is 2.44. The van der Waals surface area contributed by atoms with E-state index in [1.165, 1.54) is 0 Å². The highest BCUT2D eigenvalue weighted by molar-refractivity contribution is 6.08. The predicted molar refractivity (Wildman–Crippen MR) is 106 cm³/mol. The molecule has 2 aromatic carbocycles. The zero-order valence-corrected chi connectivity index (χ0v) is 15.6. The van der Waals surface area contributed by atoms with E-state index in [9.17, 15) is 14.4 Å². The number of rotatable bonds is 3. The molecule has 7 heteroatoms. The van der Waals surface area contributed by atoms with Crippen LogP contribution >= 0.6 is 0 Å². The molecule has 2 aromatic rings. The van der Waals surface area contributed by atoms with Crippen LogP contribution in [-0.2, 0) is 0 Å². The smallest absolute Gasteiger partial charge is 0.257 e. The Hall–Kier alpha value is -3.35. The maximum absolute atomic E-state index is 12.8. The van der Waals surface area contributed by atoms with Crippen LogP contribution in [-0.4, -0.2) is 42.4 Å². The van der Waals surface area contributed by atoms with Crippen molar-refractivity contribution in [3.8, 4) is 0 Å². The van der Waals surface area contributed by atoms with Crippen LogP contribution in [0.2, 0.25) is 0 Å². The number of hydrogen-bond donors (Lipinski definition) is 2. The summed E-state index contributed by atoms with van der Waals surface area (Å²) < 4.78 is 0. The topological polar surface area (TPSA) is 95.7 Å². The summed E-state index contributed by atoms with van der Waals surface area (Å²) in [5, 5.41) is 2.81. The Morgan fingerprint density at radius 1 is 1.07 bits per heavy atom. The van der Waals surface area contributed by atoms with Crippen LogP contribution in [0.25, 0.3) is 0 Å². The second-order valence-corrected chi connectivity index (χ2v) is 7.21. The van der Waals surface area contributed by atoms with E-state index in [0.717, 1.165) is 31.5 Å². The van der Waals surface area contributed by atoms with Gasteiger partial charge in [0.2, 0.25) is 5.91 Å². The fourth-order valence-corrected chi connectivity index (χ4v) is 3.94. The Morgan fingerprint density at radius 2 is 1.79 bits per heavy atom. The van der Waals surface area contributed by atoms with Gasteiger partial charge in [-0.3, -0.25) is 14.4 Å². The molecule has 1 fully saturated rings. The molecule has 3 N–H and O–H groups in total. The Labute approximate surface area is 163 Å². The number of carbonyl (C=O) groups is 3. The molecule has 1 saturated heterocycles. The molecule has 2 aliphatic heterocycles. The maximum Gasteiger partial charge on any atom is 0.257 e. The first-order chi connectivity index (χ1) is 13.5. The normalized spacial score (nSPS) is 18.3. The van der Waals surface area contributed by atoms with Gasteiger partial charge in [0, 0.05) is 30.4 Å². The average molecular weight is 378 g/mol. The number of hydrogen-bond acceptors (Lipinski definition) is 4. The van der Waals surface area contributed by atoms with Gasteiger partial charge in [-0.2, -0.15) is 0 Å². The molecule has 0 aromatic heterocycles. The van der Waals surface area contributed by atoms with Crippen molar-refractivity contribution >= 4 is 29.1 Å². The SMILES string of the molecule is CN1c2cc(C(=O)Nc3ccc(C(N)=O)cc3)ccc2C(=O)N2CCCC[C@@H]21. The van der Waals surface area contributed by atoms with Crippen LogP contribution in [0.15, 0.2) is 42.5 Å². The van der Waals surface area contributed by atoms with Crippen LogP contribution in [0, 0.1) is 0 Å². The second-order valence-electron chi connectivity index (χ2n) is 7.21. The van der Waals surface area contributed by atoms with Crippen LogP contribution < -0.4 is 16.0 Å². The summed E-state index contributed by atoms with van der Waals surface area (Å²) in [6.45, 7) is 0.775. The Morgan fingerprint density at radius 3 is 2.50 bits per heavy atom. The lowest BCUT2D eigenvalue weighted by molar-refractivity contribution is 0.0589. The molecule has 0 spiro atoms. The van der Waals surface area contributed by atoms with Gasteiger partial charge in [-0.05, 0) is 61.7 Å². The lowest BCUT2D eigenvalue weighted by atomic mass is 9.97. The highest BCUT2D eigenvalue weighted by Gasteiger charge is 2.37. The molecule has 4 rings (SSSR count). The van der Waals surface area contributed by atoms with Crippen LogP contribution in [0.5, 0.6) is 0 Å². The molecule has 144 valence electrons. The van der Waals surface area contributed by atoms with Crippen LogP contribution in [0.1, 0.15) is 50.3 Å². The molecule has 3 amide bonds. The molecule has 1 atom stereocenters. The van der Waals surface area contributed by atoms with E-state index in [-0.39, 0.29) is 18.0 Å². The number of amides is 3. The number of nitrogens with zero attached hydrogens (tertiary/aromatic N) is 2. The first-order valence-electron chi connectivity index (χ1n) is 9.35. The molecule has 2 heterocycles. The minimum absolute atomic E-state index is 0.0341. The lowest BCUT2D eigenvalue weighted by Crippen LogP contribution is -2.55. The number of nitrogens with one attached hydrogen (secondary N) is 1. The summed E-state index contributed by atoms with van der Waals surface area (Å²) in [6, 6.07) is 11.6. The summed E-state index contributed by atoms with van der Waals surface area (Å²) in [6.07, 6.45) is 3.11. The maximum atomic E-state index is 12.8. The lowest BCUT2D eigenvalue weighted by Gasteiger charge is -2.46. The summed E-state index contributed by atoms with van der Waals surface area (Å²) in [5.41, 5.74) is 8.06. The molecule has 2 aliphatic rings. The van der Waals surface area contributed by atoms with E-state index < -0.39 is 5.91 Å². The van der Waals surface area contributed by atoms with Crippen molar-refractivity contribution in [2.75, 3.05) is 23.8 Å². The fourth-order valence-electron chi connectivity index (χ4n) is 3.94. The van der Waals surface area contributed by atoms with Gasteiger partial charge < -0.3 is 20.9 Å². The monoisotopic (exact) mass is 378 g/mol. The van der Waals surface area contributed by atoms with Crippen molar-refractivity contribution in [1.29, 1.82) is 0 Å². The van der Waals surface area contributed by atoms with Crippen molar-refractivity contribution in [2.24, 2.45) is 5.73 Å². The number of fused-ring (bicyclic) bond motifs is 2. The molecular formula is C21H22N4O3. The number of anilines is 2. The zero-order valence-electron chi connectivity index (χ0n) is 15.6. The third kappa shape index (κ3) is 3.09. The standard InChI is InChI=1S/C21H22N4O3/c1-24-17-12-14(20(27)23-15-8-5-13(6-9-15)19(22)26)7-10-16(17)21(28)25-11-3-2-4-18(24)25/h5-10,12,18H,2-4,11H2,1H3,(H2,22,26)(H,23,27)/t18-/m1/s1. The van der Waals surface area contributed by atoms with E-state index in [1.54, 1.807) is 42.5 Å². The molecule has 0 aliphatic carbocycles. The van der Waals surface area contributed by atoms with Gasteiger partial charge in [-0.25, -0.2) is 0 Å². The fraction of sp³-hybridized carbons (Fsp3) is 0.286. The Bertz CT molecular complexity index is 955.